The summed E-state index contributed by atoms with van der Waals surface area (Å²) in [5.74, 6) is -1.06. The zero-order valence-corrected chi connectivity index (χ0v) is 27.9. The minimum Gasteiger partial charge on any atom is -0.507 e. The molecule has 0 unspecified atom stereocenters. The minimum absolute atomic E-state index is 0.0499. The van der Waals surface area contributed by atoms with Crippen LogP contribution in [0.15, 0.2) is 48.5 Å². The van der Waals surface area contributed by atoms with Crippen LogP contribution < -0.4 is 0 Å². The molecule has 0 amide bonds. The number of benzene rings is 3. The zero-order valence-electron chi connectivity index (χ0n) is 27.9. The van der Waals surface area contributed by atoms with Gasteiger partial charge in [0.1, 0.15) is 11.5 Å². The monoisotopic (exact) mass is 572 g/mol. The Kier molecular flexibility index (Phi) is 9.05. The van der Waals surface area contributed by atoms with Crippen LogP contribution in [-0.2, 0) is 10.8 Å². The fourth-order valence-corrected chi connectivity index (χ4v) is 7.27. The van der Waals surface area contributed by atoms with Crippen LogP contribution in [0.2, 0.25) is 0 Å². The first-order valence-corrected chi connectivity index (χ1v) is 15.0. The molecule has 0 bridgehead atoms. The molecular weight excluding hydrogens is 520 g/mol. The Morgan fingerprint density at radius 3 is 1.31 bits per heavy atom. The van der Waals surface area contributed by atoms with Crippen molar-refractivity contribution in [1.82, 2.24) is 0 Å². The van der Waals surface area contributed by atoms with Crippen molar-refractivity contribution in [2.45, 2.75) is 113 Å². The number of aryl methyl sites for hydroxylation is 2. The Morgan fingerprint density at radius 2 is 1.00 bits per heavy atom. The van der Waals surface area contributed by atoms with Gasteiger partial charge < -0.3 is 15.3 Å². The maximum absolute atomic E-state index is 12.0. The second kappa shape index (κ2) is 11.4. The maximum atomic E-state index is 12.0. The highest BCUT2D eigenvalue weighted by Gasteiger charge is 2.35. The Labute approximate surface area is 253 Å². The Morgan fingerprint density at radius 1 is 0.643 bits per heavy atom. The largest absolute Gasteiger partial charge is 0.507 e. The van der Waals surface area contributed by atoms with Crippen molar-refractivity contribution in [3.8, 4) is 11.5 Å². The second-order valence-electron chi connectivity index (χ2n) is 16.1. The van der Waals surface area contributed by atoms with Crippen LogP contribution >= 0.6 is 0 Å². The number of phenols is 2. The lowest BCUT2D eigenvalue weighted by atomic mass is 9.69. The first-order chi connectivity index (χ1) is 19.0. The highest BCUT2D eigenvalue weighted by Crippen LogP contribution is 2.50. The third-order valence-electron chi connectivity index (χ3n) is 8.08. The van der Waals surface area contributed by atoms with Crippen molar-refractivity contribution < 1.29 is 20.1 Å². The van der Waals surface area contributed by atoms with Gasteiger partial charge in [-0.3, -0.25) is 0 Å². The fourth-order valence-electron chi connectivity index (χ4n) is 7.27. The average molecular weight is 573 g/mol. The van der Waals surface area contributed by atoms with E-state index in [1.165, 1.54) is 0 Å². The molecule has 3 aromatic carbocycles. The second-order valence-corrected chi connectivity index (χ2v) is 16.1. The molecule has 42 heavy (non-hydrogen) atoms. The molecule has 0 saturated heterocycles. The van der Waals surface area contributed by atoms with Crippen LogP contribution in [0.3, 0.4) is 0 Å². The Bertz CT molecular complexity index is 1360. The number of aromatic hydroxyl groups is 2. The summed E-state index contributed by atoms with van der Waals surface area (Å²) >= 11 is 0. The van der Waals surface area contributed by atoms with Gasteiger partial charge in [-0.05, 0) is 66.0 Å². The molecule has 3 N–H and O–H groups in total. The molecule has 4 nitrogen and oxygen atoms in total. The molecule has 0 aliphatic carbocycles. The van der Waals surface area contributed by atoms with E-state index in [1.54, 1.807) is 24.3 Å². The molecule has 0 aliphatic rings. The van der Waals surface area contributed by atoms with Gasteiger partial charge in [-0.2, -0.15) is 0 Å². The van der Waals surface area contributed by atoms with E-state index in [0.29, 0.717) is 11.1 Å². The number of phenolic OH excluding ortho intramolecular Hbond substituents is 2. The molecule has 0 atom stereocenters. The Hall–Kier alpha value is -3.27. The number of hydrogen-bond donors (Lipinski definition) is 3. The van der Waals surface area contributed by atoms with Crippen LogP contribution in [0.1, 0.15) is 137 Å². The minimum atomic E-state index is -0.993. The molecular formula is C38H52O4. The molecule has 3 rings (SSSR count). The summed E-state index contributed by atoms with van der Waals surface area (Å²) in [7, 11) is 0. The molecule has 0 aliphatic heterocycles. The standard InChI is InChI=1S/C38H52O4/c1-23-17-27(32(39)29(19-23)37(9,10)21-35(3,4)5)31(25-13-15-26(16-14-25)34(41)42)28-18-24(2)20-30(33(28)40)38(11,12)22-36(6,7)8/h13-20,31,39-40H,21-22H2,1-12H3,(H,41,42). The summed E-state index contributed by atoms with van der Waals surface area (Å²) in [5, 5.41) is 33.7. The first-order valence-electron chi connectivity index (χ1n) is 15.0. The van der Waals surface area contributed by atoms with Crippen molar-refractivity contribution in [1.29, 1.82) is 0 Å². The van der Waals surface area contributed by atoms with Gasteiger partial charge in [-0.1, -0.05) is 117 Å². The van der Waals surface area contributed by atoms with E-state index < -0.39 is 11.9 Å². The highest BCUT2D eigenvalue weighted by atomic mass is 16.4. The van der Waals surface area contributed by atoms with Crippen molar-refractivity contribution in [2.24, 2.45) is 10.8 Å². The molecule has 0 radical (unpaired) electrons. The van der Waals surface area contributed by atoms with Crippen LogP contribution in [0.4, 0.5) is 0 Å². The SMILES string of the molecule is Cc1cc(C(c2ccc(C(=O)O)cc2)c2cc(C)cc(C(C)(C)CC(C)(C)C)c2O)c(O)c(C(C)(C)CC(C)(C)C)c1. The van der Waals surface area contributed by atoms with Gasteiger partial charge in [0.2, 0.25) is 0 Å². The average Bonchev–Trinajstić information content (AvgIpc) is 2.80. The molecule has 0 spiro atoms. The van der Waals surface area contributed by atoms with Crippen LogP contribution in [0.5, 0.6) is 11.5 Å². The van der Waals surface area contributed by atoms with E-state index in [2.05, 4.69) is 81.4 Å². The lowest BCUT2D eigenvalue weighted by molar-refractivity contribution is 0.0696. The molecule has 3 aromatic rings. The number of rotatable bonds is 8. The molecule has 4 heteroatoms. The molecule has 228 valence electrons. The molecule has 0 saturated carbocycles. The van der Waals surface area contributed by atoms with Crippen molar-refractivity contribution in [3.05, 3.63) is 93.0 Å². The number of carbonyl (C=O) groups is 1. The van der Waals surface area contributed by atoms with Crippen molar-refractivity contribution in [3.63, 3.8) is 0 Å². The molecule has 0 fully saturated rings. The van der Waals surface area contributed by atoms with Crippen molar-refractivity contribution >= 4 is 5.97 Å². The van der Waals surface area contributed by atoms with Gasteiger partial charge in [-0.15, -0.1) is 0 Å². The highest BCUT2D eigenvalue weighted by molar-refractivity contribution is 5.87. The quantitative estimate of drug-likeness (QED) is 0.235. The lowest BCUT2D eigenvalue weighted by Crippen LogP contribution is -2.26. The smallest absolute Gasteiger partial charge is 0.335 e. The third kappa shape index (κ3) is 7.56. The number of aromatic carboxylic acids is 1. The van der Waals surface area contributed by atoms with Gasteiger partial charge in [0.25, 0.3) is 0 Å². The summed E-state index contributed by atoms with van der Waals surface area (Å²) < 4.78 is 0. The topological polar surface area (TPSA) is 77.8 Å². The van der Waals surface area contributed by atoms with Gasteiger partial charge in [0.15, 0.2) is 0 Å². The third-order valence-corrected chi connectivity index (χ3v) is 8.08. The number of hydrogen-bond acceptors (Lipinski definition) is 3. The predicted octanol–water partition coefficient (Wildman–Crippen LogP) is 10.0. The molecule has 0 heterocycles. The van der Waals surface area contributed by atoms with Crippen LogP contribution in [0.25, 0.3) is 0 Å². The normalized spacial score (nSPS) is 13.1. The number of carboxylic acids is 1. The van der Waals surface area contributed by atoms with E-state index in [4.69, 9.17) is 0 Å². The van der Waals surface area contributed by atoms with Gasteiger partial charge in [0, 0.05) is 28.2 Å². The number of carboxylic acid groups (broad SMARTS) is 1. The van der Waals surface area contributed by atoms with E-state index in [9.17, 15) is 20.1 Å². The summed E-state index contributed by atoms with van der Waals surface area (Å²) in [6.07, 6.45) is 1.74. The first kappa shape index (κ1) is 33.2. The van der Waals surface area contributed by atoms with E-state index >= 15 is 0 Å². The van der Waals surface area contributed by atoms with Crippen LogP contribution in [-0.4, -0.2) is 21.3 Å². The van der Waals surface area contributed by atoms with Crippen molar-refractivity contribution in [2.75, 3.05) is 0 Å². The van der Waals surface area contributed by atoms with E-state index in [-0.39, 0.29) is 38.7 Å². The van der Waals surface area contributed by atoms with Crippen LogP contribution in [0, 0.1) is 24.7 Å². The van der Waals surface area contributed by atoms with E-state index in [0.717, 1.165) is 40.7 Å². The fraction of sp³-hybridized carbons (Fsp3) is 0.500. The summed E-state index contributed by atoms with van der Waals surface area (Å²) in [5.41, 5.74) is 5.68. The Balaban J connectivity index is 2.39. The maximum Gasteiger partial charge on any atom is 0.335 e. The predicted molar refractivity (Wildman–Crippen MR) is 174 cm³/mol. The van der Waals surface area contributed by atoms with Gasteiger partial charge in [0.05, 0.1) is 5.56 Å². The van der Waals surface area contributed by atoms with E-state index in [1.807, 2.05) is 26.0 Å². The molecule has 0 aromatic heterocycles. The van der Waals surface area contributed by atoms with Gasteiger partial charge >= 0.3 is 5.97 Å². The van der Waals surface area contributed by atoms with Gasteiger partial charge in [-0.25, -0.2) is 4.79 Å². The zero-order chi connectivity index (χ0) is 32.0. The lowest BCUT2D eigenvalue weighted by Gasteiger charge is -2.36. The summed E-state index contributed by atoms with van der Waals surface area (Å²) in [6.45, 7) is 26.0. The summed E-state index contributed by atoms with van der Waals surface area (Å²) in [4.78, 5) is 11.7. The summed E-state index contributed by atoms with van der Waals surface area (Å²) in [6, 6.07) is 15.0.